The molecule has 4 nitrogen and oxygen atoms in total. The average Bonchev–Trinajstić information content (AvgIpc) is 2.59. The zero-order valence-electron chi connectivity index (χ0n) is 12.8. The van der Waals surface area contributed by atoms with Crippen molar-refractivity contribution in [3.05, 3.63) is 58.1 Å². The molecular formula is C18H18BrNO3. The summed E-state index contributed by atoms with van der Waals surface area (Å²) in [5.74, 6) is 1.44. The number of hydrogen-bond donors (Lipinski definition) is 1. The van der Waals surface area contributed by atoms with Gasteiger partial charge in [0.2, 0.25) is 5.91 Å². The zero-order valence-corrected chi connectivity index (χ0v) is 14.4. The number of carbonyl (C=O) groups excluding carboxylic acids is 1. The maximum absolute atomic E-state index is 12.4. The molecule has 1 amide bonds. The molecule has 0 radical (unpaired) electrons. The lowest BCUT2D eigenvalue weighted by Gasteiger charge is -2.25. The first-order valence-corrected chi connectivity index (χ1v) is 8.27. The molecule has 1 N–H and O–H groups in total. The smallest absolute Gasteiger partial charge is 0.227 e. The van der Waals surface area contributed by atoms with Crippen molar-refractivity contribution in [1.29, 1.82) is 0 Å². The van der Waals surface area contributed by atoms with Gasteiger partial charge in [0.05, 0.1) is 13.0 Å². The van der Waals surface area contributed by atoms with Crippen LogP contribution in [0.25, 0.3) is 0 Å². The lowest BCUT2D eigenvalue weighted by Crippen LogP contribution is -2.37. The third kappa shape index (κ3) is 3.67. The van der Waals surface area contributed by atoms with Crippen molar-refractivity contribution in [2.75, 3.05) is 13.7 Å². The van der Waals surface area contributed by atoms with E-state index >= 15 is 0 Å². The van der Waals surface area contributed by atoms with E-state index in [-0.39, 0.29) is 11.8 Å². The van der Waals surface area contributed by atoms with E-state index in [2.05, 4.69) is 21.2 Å². The number of carbonyl (C=O) groups is 1. The third-order valence-electron chi connectivity index (χ3n) is 3.96. The Kier molecular flexibility index (Phi) is 4.86. The van der Waals surface area contributed by atoms with Crippen molar-refractivity contribution in [1.82, 2.24) is 5.32 Å². The van der Waals surface area contributed by atoms with Gasteiger partial charge in [0, 0.05) is 11.0 Å². The summed E-state index contributed by atoms with van der Waals surface area (Å²) >= 11 is 3.49. The minimum absolute atomic E-state index is 0.00854. The Hall–Kier alpha value is -2.01. The Morgan fingerprint density at radius 1 is 1.35 bits per heavy atom. The molecule has 0 unspecified atom stereocenters. The van der Waals surface area contributed by atoms with Gasteiger partial charge >= 0.3 is 0 Å². The normalized spacial score (nSPS) is 16.2. The minimum Gasteiger partial charge on any atom is -0.497 e. The van der Waals surface area contributed by atoms with E-state index in [1.807, 2.05) is 42.5 Å². The number of rotatable bonds is 4. The summed E-state index contributed by atoms with van der Waals surface area (Å²) in [6.45, 7) is 0.906. The van der Waals surface area contributed by atoms with E-state index in [4.69, 9.17) is 9.47 Å². The molecule has 0 aliphatic carbocycles. The van der Waals surface area contributed by atoms with Crippen molar-refractivity contribution in [2.24, 2.45) is 5.92 Å². The molecule has 23 heavy (non-hydrogen) atoms. The summed E-state index contributed by atoms with van der Waals surface area (Å²) < 4.78 is 11.9. The van der Waals surface area contributed by atoms with E-state index in [1.54, 1.807) is 7.11 Å². The molecule has 1 aliphatic heterocycles. The van der Waals surface area contributed by atoms with Gasteiger partial charge in [-0.25, -0.2) is 0 Å². The van der Waals surface area contributed by atoms with E-state index in [1.165, 1.54) is 0 Å². The molecule has 0 aromatic heterocycles. The SMILES string of the molecule is COc1ccc2c(c1)C[C@H](C(=O)NCc1ccccc1Br)CO2. The van der Waals surface area contributed by atoms with Gasteiger partial charge in [-0.05, 0) is 41.8 Å². The number of methoxy groups -OCH3 is 1. The Bertz CT molecular complexity index is 717. The highest BCUT2D eigenvalue weighted by atomic mass is 79.9. The van der Waals surface area contributed by atoms with E-state index < -0.39 is 0 Å². The van der Waals surface area contributed by atoms with Gasteiger partial charge < -0.3 is 14.8 Å². The van der Waals surface area contributed by atoms with Crippen LogP contribution in [0.4, 0.5) is 0 Å². The predicted octanol–water partition coefficient (Wildman–Crippen LogP) is 3.33. The number of halogens is 1. The summed E-state index contributed by atoms with van der Waals surface area (Å²) in [4.78, 5) is 12.4. The Morgan fingerprint density at radius 2 is 2.17 bits per heavy atom. The largest absolute Gasteiger partial charge is 0.497 e. The van der Waals surface area contributed by atoms with Gasteiger partial charge in [-0.2, -0.15) is 0 Å². The fraction of sp³-hybridized carbons (Fsp3) is 0.278. The zero-order chi connectivity index (χ0) is 16.2. The highest BCUT2D eigenvalue weighted by Crippen LogP contribution is 2.30. The van der Waals surface area contributed by atoms with Crippen molar-refractivity contribution in [3.8, 4) is 11.5 Å². The van der Waals surface area contributed by atoms with Gasteiger partial charge in [0.15, 0.2) is 0 Å². The molecule has 5 heteroatoms. The van der Waals surface area contributed by atoms with Crippen molar-refractivity contribution >= 4 is 21.8 Å². The molecule has 1 aliphatic rings. The molecule has 0 saturated carbocycles. The quantitative estimate of drug-likeness (QED) is 0.891. The monoisotopic (exact) mass is 375 g/mol. The first-order chi connectivity index (χ1) is 11.2. The van der Waals surface area contributed by atoms with Crippen LogP contribution in [0.5, 0.6) is 11.5 Å². The van der Waals surface area contributed by atoms with Crippen LogP contribution in [-0.4, -0.2) is 19.6 Å². The Morgan fingerprint density at radius 3 is 2.96 bits per heavy atom. The predicted molar refractivity (Wildman–Crippen MR) is 91.7 cm³/mol. The first kappa shape index (κ1) is 15.9. The van der Waals surface area contributed by atoms with E-state index in [0.29, 0.717) is 19.6 Å². The van der Waals surface area contributed by atoms with Crippen molar-refractivity contribution in [3.63, 3.8) is 0 Å². The highest BCUT2D eigenvalue weighted by Gasteiger charge is 2.26. The van der Waals surface area contributed by atoms with Crippen molar-refractivity contribution < 1.29 is 14.3 Å². The number of amides is 1. The van der Waals surface area contributed by atoms with Crippen LogP contribution < -0.4 is 14.8 Å². The molecular weight excluding hydrogens is 358 g/mol. The molecule has 3 rings (SSSR count). The molecule has 2 aromatic rings. The van der Waals surface area contributed by atoms with E-state index in [0.717, 1.165) is 27.1 Å². The number of ether oxygens (including phenoxy) is 2. The molecule has 120 valence electrons. The van der Waals surface area contributed by atoms with Crippen LogP contribution in [-0.2, 0) is 17.8 Å². The molecule has 0 bridgehead atoms. The first-order valence-electron chi connectivity index (χ1n) is 7.48. The van der Waals surface area contributed by atoms with Crippen LogP contribution in [0, 0.1) is 5.92 Å². The standard InChI is InChI=1S/C18H18BrNO3/c1-22-15-6-7-17-13(9-15)8-14(11-23-17)18(21)20-10-12-4-2-3-5-16(12)19/h2-7,9,14H,8,10-11H2,1H3,(H,20,21)/t14-/m0/s1. The fourth-order valence-corrected chi connectivity index (χ4v) is 3.06. The lowest BCUT2D eigenvalue weighted by molar-refractivity contribution is -0.126. The Labute approximate surface area is 143 Å². The Balaban J connectivity index is 1.63. The maximum atomic E-state index is 12.4. The van der Waals surface area contributed by atoms with Gasteiger partial charge in [-0.15, -0.1) is 0 Å². The summed E-state index contributed by atoms with van der Waals surface area (Å²) in [7, 11) is 1.63. The second-order valence-electron chi connectivity index (χ2n) is 5.49. The number of nitrogens with one attached hydrogen (secondary N) is 1. The van der Waals surface area contributed by atoms with E-state index in [9.17, 15) is 4.79 Å². The summed E-state index contributed by atoms with van der Waals surface area (Å²) in [6.07, 6.45) is 0.661. The molecule has 1 heterocycles. The molecule has 0 saturated heterocycles. The molecule has 0 spiro atoms. The molecule has 2 aromatic carbocycles. The van der Waals surface area contributed by atoms with Crippen LogP contribution in [0.1, 0.15) is 11.1 Å². The second-order valence-corrected chi connectivity index (χ2v) is 6.35. The molecule has 1 atom stereocenters. The second kappa shape index (κ2) is 7.04. The maximum Gasteiger partial charge on any atom is 0.227 e. The number of fused-ring (bicyclic) bond motifs is 1. The van der Waals surface area contributed by atoms with Crippen LogP contribution >= 0.6 is 15.9 Å². The van der Waals surface area contributed by atoms with Crippen LogP contribution in [0.2, 0.25) is 0 Å². The fourth-order valence-electron chi connectivity index (χ4n) is 2.63. The van der Waals surface area contributed by atoms with Gasteiger partial charge in [-0.3, -0.25) is 4.79 Å². The average molecular weight is 376 g/mol. The number of benzene rings is 2. The summed E-state index contributed by atoms with van der Waals surface area (Å²) in [6, 6.07) is 13.6. The summed E-state index contributed by atoms with van der Waals surface area (Å²) in [5.41, 5.74) is 2.07. The van der Waals surface area contributed by atoms with Gasteiger partial charge in [0.1, 0.15) is 18.1 Å². The van der Waals surface area contributed by atoms with Crippen molar-refractivity contribution in [2.45, 2.75) is 13.0 Å². The van der Waals surface area contributed by atoms with Crippen LogP contribution in [0.3, 0.4) is 0 Å². The van der Waals surface area contributed by atoms with Gasteiger partial charge in [-0.1, -0.05) is 34.1 Å². The third-order valence-corrected chi connectivity index (χ3v) is 4.73. The highest BCUT2D eigenvalue weighted by molar-refractivity contribution is 9.10. The lowest BCUT2D eigenvalue weighted by atomic mass is 9.95. The number of hydrogen-bond acceptors (Lipinski definition) is 3. The van der Waals surface area contributed by atoms with Gasteiger partial charge in [0.25, 0.3) is 0 Å². The topological polar surface area (TPSA) is 47.6 Å². The minimum atomic E-state index is -0.183. The summed E-state index contributed by atoms with van der Waals surface area (Å²) in [5, 5.41) is 2.99. The molecule has 0 fully saturated rings. The van der Waals surface area contributed by atoms with Crippen LogP contribution in [0.15, 0.2) is 46.9 Å².